The van der Waals surface area contributed by atoms with Crippen molar-refractivity contribution in [2.75, 3.05) is 20.1 Å². The first-order valence-electron chi connectivity index (χ1n) is 7.61. The van der Waals surface area contributed by atoms with E-state index in [4.69, 9.17) is 5.11 Å². The molecule has 0 saturated heterocycles. The van der Waals surface area contributed by atoms with Gasteiger partial charge in [0, 0.05) is 69.5 Å². The molecule has 0 aliphatic heterocycles. The van der Waals surface area contributed by atoms with E-state index >= 15 is 0 Å². The van der Waals surface area contributed by atoms with E-state index in [0.29, 0.717) is 35.4 Å². The van der Waals surface area contributed by atoms with Gasteiger partial charge < -0.3 is 25.0 Å². The van der Waals surface area contributed by atoms with E-state index in [2.05, 4.69) is 5.32 Å². The summed E-state index contributed by atoms with van der Waals surface area (Å²) >= 11 is 1.28. The van der Waals surface area contributed by atoms with Gasteiger partial charge in [-0.05, 0) is 14.0 Å². The topological polar surface area (TPSA) is 94.8 Å². The van der Waals surface area contributed by atoms with Gasteiger partial charge in [-0.15, -0.1) is 17.9 Å². The fourth-order valence-electron chi connectivity index (χ4n) is 2.63. The number of carbonyl (C=O) groups is 1. The van der Waals surface area contributed by atoms with Gasteiger partial charge in [0.05, 0.1) is 16.8 Å². The van der Waals surface area contributed by atoms with E-state index in [-0.39, 0.29) is 50.3 Å². The minimum atomic E-state index is -0.396. The molecule has 0 saturated carbocycles. The van der Waals surface area contributed by atoms with Crippen molar-refractivity contribution >= 4 is 27.5 Å². The second-order valence-corrected chi connectivity index (χ2v) is 6.67. The average molecular weight is 441 g/mol. The van der Waals surface area contributed by atoms with Crippen molar-refractivity contribution in [1.29, 1.82) is 0 Å². The van der Waals surface area contributed by atoms with Crippen LogP contribution in [-0.4, -0.2) is 45.7 Å². The van der Waals surface area contributed by atoms with Gasteiger partial charge in [0.25, 0.3) is 5.91 Å². The van der Waals surface area contributed by atoms with Crippen molar-refractivity contribution in [2.45, 2.75) is 20.1 Å². The van der Waals surface area contributed by atoms with Gasteiger partial charge in [0.15, 0.2) is 0 Å². The molecule has 0 aromatic carbocycles. The van der Waals surface area contributed by atoms with Gasteiger partial charge in [0.1, 0.15) is 5.56 Å². The van der Waals surface area contributed by atoms with Gasteiger partial charge in [-0.1, -0.05) is 0 Å². The molecule has 2 aromatic rings. The van der Waals surface area contributed by atoms with Gasteiger partial charge >= 0.3 is 0 Å². The molecule has 2 aromatic heterocycles. The fraction of sp³-hybridized carbons (Fsp3) is 0.438. The molecule has 0 unspecified atom stereocenters. The van der Waals surface area contributed by atoms with Crippen LogP contribution in [0.2, 0.25) is 0 Å². The van der Waals surface area contributed by atoms with E-state index in [1.54, 1.807) is 18.5 Å². The van der Waals surface area contributed by atoms with Crippen molar-refractivity contribution in [3.8, 4) is 0 Å². The van der Waals surface area contributed by atoms with Crippen LogP contribution in [0.15, 0.2) is 11.0 Å². The van der Waals surface area contributed by atoms with Crippen LogP contribution in [0.4, 0.5) is 0 Å². The maximum Gasteiger partial charge on any atom is 0.256 e. The number of likely N-dealkylation sites (N-methyl/N-ethyl adjacent to an activating group) is 1. The van der Waals surface area contributed by atoms with E-state index in [0.717, 1.165) is 11.5 Å². The zero-order valence-corrected chi connectivity index (χ0v) is 18.2. The van der Waals surface area contributed by atoms with Gasteiger partial charge in [-0.3, -0.25) is 9.59 Å². The van der Waals surface area contributed by atoms with Crippen LogP contribution < -0.4 is 10.7 Å². The summed E-state index contributed by atoms with van der Waals surface area (Å²) in [5.41, 5.74) is 1.11. The third kappa shape index (κ3) is 4.75. The first-order valence-corrected chi connectivity index (χ1v) is 8.43. The Bertz CT molecular complexity index is 803. The number of aliphatic hydroxyl groups excluding tert-OH is 2. The summed E-state index contributed by atoms with van der Waals surface area (Å²) in [6, 6.07) is 0. The smallest absolute Gasteiger partial charge is 0.256 e. The zero-order chi connectivity index (χ0) is 17.9. The number of aliphatic hydroxyl groups is 2. The average Bonchev–Trinajstić information content (AvgIpc) is 2.90. The number of nitrogens with one attached hydrogen (secondary N) is 1. The molecule has 3 N–H and O–H groups in total. The third-order valence-corrected chi connectivity index (χ3v) is 4.94. The molecular weight excluding hydrogens is 419 g/mol. The minimum Gasteiger partial charge on any atom is -0.565 e. The second kappa shape index (κ2) is 9.90. The Balaban J connectivity index is 0.00000312. The van der Waals surface area contributed by atoms with E-state index < -0.39 is 5.91 Å². The van der Waals surface area contributed by atoms with Crippen LogP contribution in [-0.2, 0) is 52.9 Å². The van der Waals surface area contributed by atoms with Gasteiger partial charge in [0.2, 0.25) is 5.43 Å². The molecule has 0 atom stereocenters. The monoisotopic (exact) mass is 441 g/mol. The molecular formula is C16H22N3O4SY-. The number of carbonyl (C=O) groups excluding carboxylic acids is 1. The van der Waals surface area contributed by atoms with Crippen molar-refractivity contribution in [3.05, 3.63) is 39.0 Å². The van der Waals surface area contributed by atoms with Crippen LogP contribution in [0.5, 0.6) is 0 Å². The number of hydrogen-bond acceptors (Lipinski definition) is 6. The number of rotatable bonds is 7. The number of aryl methyl sites for hydroxylation is 1. The molecule has 0 aliphatic carbocycles. The molecule has 1 amide bonds. The first-order chi connectivity index (χ1) is 11.4. The van der Waals surface area contributed by atoms with Crippen LogP contribution in [0, 0.1) is 6.61 Å². The maximum atomic E-state index is 12.7. The van der Waals surface area contributed by atoms with E-state index in [9.17, 15) is 14.7 Å². The molecule has 1 radical (unpaired) electrons. The van der Waals surface area contributed by atoms with Gasteiger partial charge in [-0.25, -0.2) is 6.61 Å². The van der Waals surface area contributed by atoms with E-state index in [1.165, 1.54) is 17.5 Å². The predicted molar refractivity (Wildman–Crippen MR) is 93.6 cm³/mol. The van der Waals surface area contributed by atoms with Crippen molar-refractivity contribution in [2.24, 2.45) is 7.05 Å². The van der Waals surface area contributed by atoms with Crippen molar-refractivity contribution in [1.82, 2.24) is 14.8 Å². The standard InChI is InChI=1S/C16H22N3O4S.Y/c1-4-17-16(23)10-7-19(3)13-11(9-21)12(8-18(2)5-6-20)24-15(13)14(10)22;/h6-7,20-21H,4-5,8-9H2,1-3H3,(H,17,23);/q-1;. The number of pyridine rings is 1. The molecule has 25 heavy (non-hydrogen) atoms. The number of nitrogens with zero attached hydrogens (tertiary/aromatic N) is 2. The van der Waals surface area contributed by atoms with Crippen LogP contribution in [0.1, 0.15) is 27.7 Å². The normalized spacial score (nSPS) is 11.0. The summed E-state index contributed by atoms with van der Waals surface area (Å²) in [7, 11) is 3.59. The molecule has 0 aliphatic rings. The van der Waals surface area contributed by atoms with Crippen molar-refractivity contribution < 1.29 is 47.7 Å². The number of fused-ring (bicyclic) bond motifs is 1. The number of aromatic nitrogens is 1. The van der Waals surface area contributed by atoms with Crippen LogP contribution in [0.25, 0.3) is 10.2 Å². The molecule has 9 heteroatoms. The van der Waals surface area contributed by atoms with Gasteiger partial charge in [-0.2, -0.15) is 0 Å². The third-order valence-electron chi connectivity index (χ3n) is 3.74. The Morgan fingerprint density at radius 1 is 1.48 bits per heavy atom. The fourth-order valence-corrected chi connectivity index (χ4v) is 4.01. The molecule has 135 valence electrons. The van der Waals surface area contributed by atoms with Crippen LogP contribution >= 0.6 is 11.3 Å². The Hall–Kier alpha value is -0.636. The minimum absolute atomic E-state index is 0. The molecule has 7 nitrogen and oxygen atoms in total. The molecule has 2 heterocycles. The van der Waals surface area contributed by atoms with E-state index in [1.807, 2.05) is 11.9 Å². The quantitative estimate of drug-likeness (QED) is 0.553. The molecule has 0 bridgehead atoms. The number of amides is 1. The Morgan fingerprint density at radius 3 is 2.72 bits per heavy atom. The first kappa shape index (κ1) is 22.4. The Morgan fingerprint density at radius 2 is 2.16 bits per heavy atom. The Labute approximate surface area is 175 Å². The number of thiophene rings is 1. The summed E-state index contributed by atoms with van der Waals surface area (Å²) in [5.74, 6) is -0.396. The summed E-state index contributed by atoms with van der Waals surface area (Å²) in [6.07, 6.45) is 1.51. The molecule has 0 fully saturated rings. The second-order valence-electron chi connectivity index (χ2n) is 5.56. The Kier molecular flexibility index (Phi) is 8.87. The number of hydrogen-bond donors (Lipinski definition) is 3. The maximum absolute atomic E-state index is 12.7. The molecule has 0 spiro atoms. The summed E-state index contributed by atoms with van der Waals surface area (Å²) in [4.78, 5) is 27.5. The summed E-state index contributed by atoms with van der Waals surface area (Å²) in [6.45, 7) is 3.96. The van der Waals surface area contributed by atoms with Crippen LogP contribution in [0.3, 0.4) is 0 Å². The summed E-state index contributed by atoms with van der Waals surface area (Å²) in [5, 5.41) is 21.3. The SMILES string of the molecule is CCNC(=O)c1cn(C)c2c(CO)c(CN(C)C[CH-]O)sc2c1=O.[Y]. The predicted octanol–water partition coefficient (Wildman–Crippen LogP) is 0.806. The van der Waals surface area contributed by atoms with Crippen molar-refractivity contribution in [3.63, 3.8) is 0 Å². The molecule has 2 rings (SSSR count). The summed E-state index contributed by atoms with van der Waals surface area (Å²) < 4.78 is 2.17. The largest absolute Gasteiger partial charge is 0.565 e. The zero-order valence-electron chi connectivity index (χ0n) is 14.6.